The van der Waals surface area contributed by atoms with Crippen molar-refractivity contribution in [2.24, 2.45) is 11.8 Å². The van der Waals surface area contributed by atoms with Gasteiger partial charge in [-0.15, -0.1) is 0 Å². The molecule has 4 nitrogen and oxygen atoms in total. The van der Waals surface area contributed by atoms with Gasteiger partial charge in [0.25, 0.3) is 5.91 Å². The molecule has 0 N–H and O–H groups in total. The van der Waals surface area contributed by atoms with Gasteiger partial charge in [0.05, 0.1) is 5.56 Å². The number of rotatable bonds is 5. The molecule has 1 amide bonds. The number of allylic oxidation sites excluding steroid dienone is 1. The van der Waals surface area contributed by atoms with Crippen molar-refractivity contribution < 1.29 is 4.79 Å². The molecule has 30 heavy (non-hydrogen) atoms. The van der Waals surface area contributed by atoms with Crippen molar-refractivity contribution in [1.82, 2.24) is 14.8 Å². The molecule has 0 bridgehead atoms. The Labute approximate surface area is 179 Å². The van der Waals surface area contributed by atoms with Gasteiger partial charge in [-0.1, -0.05) is 30.3 Å². The average Bonchev–Trinajstić information content (AvgIpc) is 3.49. The van der Waals surface area contributed by atoms with Gasteiger partial charge in [0.1, 0.15) is 0 Å². The van der Waals surface area contributed by atoms with Gasteiger partial charge in [-0.05, 0) is 73.9 Å². The van der Waals surface area contributed by atoms with Crippen LogP contribution >= 0.6 is 0 Å². The van der Waals surface area contributed by atoms with E-state index in [-0.39, 0.29) is 5.91 Å². The lowest BCUT2D eigenvalue weighted by Crippen LogP contribution is -2.29. The van der Waals surface area contributed by atoms with Crippen molar-refractivity contribution in [3.63, 3.8) is 0 Å². The van der Waals surface area contributed by atoms with E-state index in [0.717, 1.165) is 32.0 Å². The summed E-state index contributed by atoms with van der Waals surface area (Å²) in [6.45, 7) is 6.44. The van der Waals surface area contributed by atoms with Gasteiger partial charge in [-0.2, -0.15) is 0 Å². The second-order valence-electron chi connectivity index (χ2n) is 9.19. The maximum Gasteiger partial charge on any atom is 0.255 e. The predicted octanol–water partition coefficient (Wildman–Crippen LogP) is 4.28. The lowest BCUT2D eigenvalue weighted by atomic mass is 9.90. The minimum atomic E-state index is 0.114. The molecule has 0 unspecified atom stereocenters. The Morgan fingerprint density at radius 2 is 2.03 bits per heavy atom. The Kier molecular flexibility index (Phi) is 5.43. The fraction of sp³-hybridized carbons (Fsp3) is 0.462. The summed E-state index contributed by atoms with van der Waals surface area (Å²) in [5.74, 6) is 1.13. The Hall–Kier alpha value is -2.46. The van der Waals surface area contributed by atoms with E-state index in [4.69, 9.17) is 0 Å². The molecule has 3 atom stereocenters. The molecule has 1 aliphatic carbocycles. The van der Waals surface area contributed by atoms with Crippen molar-refractivity contribution in [3.8, 4) is 0 Å². The molecule has 156 valence electrons. The molecule has 5 rings (SSSR count). The minimum Gasteiger partial charge on any atom is -0.338 e. The van der Waals surface area contributed by atoms with Crippen LogP contribution in [0.25, 0.3) is 5.57 Å². The summed E-state index contributed by atoms with van der Waals surface area (Å²) in [6.07, 6.45) is 10.7. The van der Waals surface area contributed by atoms with E-state index in [1.54, 1.807) is 12.4 Å². The average molecular weight is 402 g/mol. The van der Waals surface area contributed by atoms with Gasteiger partial charge in [-0.3, -0.25) is 9.78 Å². The number of carbonyl (C=O) groups excluding carboxylic acids is 1. The molecule has 0 radical (unpaired) electrons. The summed E-state index contributed by atoms with van der Waals surface area (Å²) < 4.78 is 0. The normalized spacial score (nSPS) is 26.1. The summed E-state index contributed by atoms with van der Waals surface area (Å²) in [5.41, 5.74) is 4.88. The summed E-state index contributed by atoms with van der Waals surface area (Å²) >= 11 is 0. The molecule has 0 spiro atoms. The van der Waals surface area contributed by atoms with Crippen molar-refractivity contribution in [3.05, 3.63) is 71.6 Å². The van der Waals surface area contributed by atoms with Crippen molar-refractivity contribution in [2.45, 2.75) is 38.6 Å². The molecule has 1 aromatic carbocycles. The summed E-state index contributed by atoms with van der Waals surface area (Å²) in [4.78, 5) is 21.6. The molecule has 3 aliphatic rings. The molecule has 1 aromatic heterocycles. The van der Waals surface area contributed by atoms with E-state index >= 15 is 0 Å². The van der Waals surface area contributed by atoms with Gasteiger partial charge in [0, 0.05) is 44.0 Å². The molecule has 2 aliphatic heterocycles. The highest BCUT2D eigenvalue weighted by Crippen LogP contribution is 2.43. The van der Waals surface area contributed by atoms with E-state index in [2.05, 4.69) is 47.1 Å². The van der Waals surface area contributed by atoms with Gasteiger partial charge in [0.2, 0.25) is 0 Å². The zero-order valence-electron chi connectivity index (χ0n) is 17.8. The third kappa shape index (κ3) is 3.81. The van der Waals surface area contributed by atoms with Gasteiger partial charge in [-0.25, -0.2) is 0 Å². The van der Waals surface area contributed by atoms with Crippen molar-refractivity contribution in [1.29, 1.82) is 0 Å². The first-order valence-corrected chi connectivity index (χ1v) is 11.4. The van der Waals surface area contributed by atoms with Crippen LogP contribution in [0.5, 0.6) is 0 Å². The first-order valence-electron chi connectivity index (χ1n) is 11.4. The fourth-order valence-corrected chi connectivity index (χ4v) is 5.52. The summed E-state index contributed by atoms with van der Waals surface area (Å²) in [5, 5.41) is 0. The topological polar surface area (TPSA) is 36.4 Å². The minimum absolute atomic E-state index is 0.114. The van der Waals surface area contributed by atoms with Crippen LogP contribution < -0.4 is 0 Å². The lowest BCUT2D eigenvalue weighted by molar-refractivity contribution is 0.0784. The monoisotopic (exact) mass is 401 g/mol. The maximum absolute atomic E-state index is 12.8. The largest absolute Gasteiger partial charge is 0.338 e. The molecular formula is C26H31N3O. The smallest absolute Gasteiger partial charge is 0.255 e. The lowest BCUT2D eigenvalue weighted by Gasteiger charge is -2.21. The molecule has 2 aromatic rings. The van der Waals surface area contributed by atoms with E-state index in [0.29, 0.717) is 17.4 Å². The Morgan fingerprint density at radius 1 is 1.17 bits per heavy atom. The second kappa shape index (κ2) is 8.35. The molecule has 0 saturated carbocycles. The number of amides is 1. The van der Waals surface area contributed by atoms with Crippen LogP contribution in [-0.4, -0.2) is 52.9 Å². The number of benzene rings is 1. The van der Waals surface area contributed by atoms with Crippen LogP contribution in [0.15, 0.2) is 54.9 Å². The van der Waals surface area contributed by atoms with Crippen molar-refractivity contribution in [2.75, 3.05) is 26.2 Å². The zero-order chi connectivity index (χ0) is 20.5. The second-order valence-corrected chi connectivity index (χ2v) is 9.19. The first kappa shape index (κ1) is 19.5. The van der Waals surface area contributed by atoms with Crippen LogP contribution in [-0.2, 0) is 6.42 Å². The molecule has 2 saturated heterocycles. The highest BCUT2D eigenvalue weighted by Gasteiger charge is 2.40. The number of hydrogen-bond acceptors (Lipinski definition) is 3. The molecular weight excluding hydrogens is 370 g/mol. The third-order valence-corrected chi connectivity index (χ3v) is 7.34. The number of aromatic nitrogens is 1. The van der Waals surface area contributed by atoms with Gasteiger partial charge >= 0.3 is 0 Å². The fourth-order valence-electron chi connectivity index (χ4n) is 5.52. The highest BCUT2D eigenvalue weighted by molar-refractivity contribution is 5.94. The Balaban J connectivity index is 1.22. The molecule has 4 heteroatoms. The van der Waals surface area contributed by atoms with E-state index in [9.17, 15) is 4.79 Å². The number of nitrogens with zero attached hydrogens (tertiary/aromatic N) is 3. The highest BCUT2D eigenvalue weighted by atomic mass is 16.2. The van der Waals surface area contributed by atoms with Crippen LogP contribution in [0.1, 0.15) is 47.7 Å². The summed E-state index contributed by atoms with van der Waals surface area (Å²) in [6, 6.07) is 13.6. The Morgan fingerprint density at radius 3 is 2.77 bits per heavy atom. The number of hydrogen-bond donors (Lipinski definition) is 0. The van der Waals surface area contributed by atoms with Crippen LogP contribution in [0.4, 0.5) is 0 Å². The number of pyridine rings is 1. The van der Waals surface area contributed by atoms with Gasteiger partial charge in [0.15, 0.2) is 0 Å². The quantitative estimate of drug-likeness (QED) is 0.750. The SMILES string of the molecule is C[C@@H]1CCCN1CCc1ccc(C2=CC[C@@H]3CN(C(=O)c4cccnc4)C[C@H]23)cc1. The molecule has 2 fully saturated rings. The maximum atomic E-state index is 12.8. The zero-order valence-corrected chi connectivity index (χ0v) is 17.8. The van der Waals surface area contributed by atoms with E-state index in [1.165, 1.54) is 42.6 Å². The predicted molar refractivity (Wildman–Crippen MR) is 120 cm³/mol. The van der Waals surface area contributed by atoms with E-state index < -0.39 is 0 Å². The number of carbonyl (C=O) groups is 1. The molecule has 3 heterocycles. The van der Waals surface area contributed by atoms with Crippen LogP contribution in [0.2, 0.25) is 0 Å². The number of fused-ring (bicyclic) bond motifs is 1. The standard InChI is InChI=1S/C26H31N3O/c1-19-4-3-14-28(19)15-12-20-6-8-21(9-7-20)24-11-10-23-17-29(18-25(23)24)26(30)22-5-2-13-27-16-22/h2,5-9,11,13,16,19,23,25H,3-4,10,12,14-15,17-18H2,1H3/t19-,23-,25+/m1/s1. The van der Waals surface area contributed by atoms with Gasteiger partial charge < -0.3 is 9.80 Å². The first-order chi connectivity index (χ1) is 14.7. The van der Waals surface area contributed by atoms with E-state index in [1.807, 2.05) is 17.0 Å². The van der Waals surface area contributed by atoms with Crippen LogP contribution in [0.3, 0.4) is 0 Å². The third-order valence-electron chi connectivity index (χ3n) is 7.34. The Bertz CT molecular complexity index is 921. The van der Waals surface area contributed by atoms with Crippen molar-refractivity contribution >= 4 is 11.5 Å². The summed E-state index contributed by atoms with van der Waals surface area (Å²) in [7, 11) is 0. The van der Waals surface area contributed by atoms with Crippen LogP contribution in [0, 0.1) is 11.8 Å². The number of likely N-dealkylation sites (tertiary alicyclic amines) is 2.